The highest BCUT2D eigenvalue weighted by Crippen LogP contribution is 2.23. The molecular weight excluding hydrogens is 295 g/mol. The van der Waals surface area contributed by atoms with Crippen LogP contribution in [0.3, 0.4) is 0 Å². The Morgan fingerprint density at radius 1 is 1.22 bits per heavy atom. The molecule has 1 amide bonds. The molecule has 2 N–H and O–H groups in total. The maximum absolute atomic E-state index is 13.0. The van der Waals surface area contributed by atoms with Gasteiger partial charge in [-0.25, -0.2) is 9.18 Å². The van der Waals surface area contributed by atoms with Gasteiger partial charge >= 0.3 is 6.09 Å². The Morgan fingerprint density at radius 2 is 1.83 bits per heavy atom. The van der Waals surface area contributed by atoms with Crippen molar-refractivity contribution in [2.24, 2.45) is 0 Å². The Hall–Kier alpha value is -1.62. The number of hydrogen-bond acceptors (Lipinski definition) is 3. The van der Waals surface area contributed by atoms with Gasteiger partial charge in [-0.3, -0.25) is 0 Å². The van der Waals surface area contributed by atoms with Gasteiger partial charge in [0.25, 0.3) is 0 Å². The third-order valence-corrected chi connectivity index (χ3v) is 4.01. The Bertz CT molecular complexity index is 525. The minimum absolute atomic E-state index is 0.141. The van der Waals surface area contributed by atoms with Crippen molar-refractivity contribution in [3.05, 3.63) is 35.6 Å². The van der Waals surface area contributed by atoms with Gasteiger partial charge in [0.1, 0.15) is 11.4 Å². The van der Waals surface area contributed by atoms with Crippen LogP contribution in [0.4, 0.5) is 9.18 Å². The monoisotopic (exact) mass is 322 g/mol. The summed E-state index contributed by atoms with van der Waals surface area (Å²) in [5, 5.41) is 6.49. The van der Waals surface area contributed by atoms with E-state index in [1.54, 1.807) is 12.1 Å². The van der Waals surface area contributed by atoms with E-state index in [0.717, 1.165) is 24.8 Å². The van der Waals surface area contributed by atoms with Crippen LogP contribution >= 0.6 is 0 Å². The van der Waals surface area contributed by atoms with Crippen molar-refractivity contribution < 1.29 is 13.9 Å². The Morgan fingerprint density at radius 3 is 2.43 bits per heavy atom. The molecule has 0 aromatic heterocycles. The predicted molar refractivity (Wildman–Crippen MR) is 88.7 cm³/mol. The predicted octanol–water partition coefficient (Wildman–Crippen LogP) is 3.92. The second-order valence-corrected chi connectivity index (χ2v) is 7.29. The number of alkyl carbamates (subject to hydrolysis) is 1. The first-order chi connectivity index (χ1) is 10.7. The Balaban J connectivity index is 1.79. The summed E-state index contributed by atoms with van der Waals surface area (Å²) >= 11 is 0. The molecule has 128 valence electrons. The van der Waals surface area contributed by atoms with Gasteiger partial charge in [0.2, 0.25) is 0 Å². The fourth-order valence-corrected chi connectivity index (χ4v) is 2.94. The zero-order valence-electron chi connectivity index (χ0n) is 14.4. The summed E-state index contributed by atoms with van der Waals surface area (Å²) in [6, 6.07) is 7.21. The highest BCUT2D eigenvalue weighted by molar-refractivity contribution is 5.68. The maximum Gasteiger partial charge on any atom is 0.407 e. The third kappa shape index (κ3) is 5.82. The number of carbonyl (C=O) groups is 1. The van der Waals surface area contributed by atoms with Crippen molar-refractivity contribution >= 4 is 6.09 Å². The number of nitrogens with one attached hydrogen (secondary N) is 2. The molecule has 1 aromatic carbocycles. The highest BCUT2D eigenvalue weighted by Gasteiger charge is 2.28. The summed E-state index contributed by atoms with van der Waals surface area (Å²) in [6.45, 7) is 7.64. The van der Waals surface area contributed by atoms with Gasteiger partial charge in [-0.1, -0.05) is 12.1 Å². The van der Waals surface area contributed by atoms with Crippen molar-refractivity contribution in [2.45, 2.75) is 70.7 Å². The number of carbonyl (C=O) groups excluding carboxylic acids is 1. The van der Waals surface area contributed by atoms with Gasteiger partial charge in [-0.05, 0) is 64.7 Å². The van der Waals surface area contributed by atoms with Crippen LogP contribution in [0.1, 0.15) is 58.6 Å². The molecule has 1 aromatic rings. The first-order valence-corrected chi connectivity index (χ1v) is 8.24. The van der Waals surface area contributed by atoms with Gasteiger partial charge in [-0.15, -0.1) is 0 Å². The van der Waals surface area contributed by atoms with Crippen molar-refractivity contribution in [2.75, 3.05) is 0 Å². The molecule has 1 fully saturated rings. The fraction of sp³-hybridized carbons (Fsp3) is 0.611. The van der Waals surface area contributed by atoms with Gasteiger partial charge in [0.15, 0.2) is 0 Å². The van der Waals surface area contributed by atoms with Crippen LogP contribution in [0, 0.1) is 5.82 Å². The van der Waals surface area contributed by atoms with E-state index < -0.39 is 5.60 Å². The molecule has 2 rings (SSSR count). The lowest BCUT2D eigenvalue weighted by Gasteiger charge is -2.22. The average Bonchev–Trinajstić information content (AvgIpc) is 2.84. The summed E-state index contributed by atoms with van der Waals surface area (Å²) in [5.41, 5.74) is 0.590. The lowest BCUT2D eigenvalue weighted by molar-refractivity contribution is 0.0505. The smallest absolute Gasteiger partial charge is 0.407 e. The molecule has 0 aliphatic heterocycles. The summed E-state index contributed by atoms with van der Waals surface area (Å²) in [7, 11) is 0. The maximum atomic E-state index is 13.0. The normalized spacial score (nSPS) is 22.7. The summed E-state index contributed by atoms with van der Waals surface area (Å²) < 4.78 is 18.3. The largest absolute Gasteiger partial charge is 0.444 e. The van der Waals surface area contributed by atoms with E-state index in [1.807, 2.05) is 20.8 Å². The van der Waals surface area contributed by atoms with Crippen LogP contribution < -0.4 is 10.6 Å². The van der Waals surface area contributed by atoms with Gasteiger partial charge < -0.3 is 15.4 Å². The number of amides is 1. The minimum atomic E-state index is -0.475. The van der Waals surface area contributed by atoms with Crippen LogP contribution in [-0.4, -0.2) is 23.8 Å². The molecule has 3 atom stereocenters. The molecule has 23 heavy (non-hydrogen) atoms. The standard InChI is InChI=1S/C18H27FN2O2/c1-12(13-5-7-14(19)8-6-13)20-15-9-10-16(11-15)21-17(22)23-18(2,3)4/h5-8,12,15-16,20H,9-11H2,1-4H3,(H,21,22)/t12-,15?,16?/m0/s1. The summed E-state index contributed by atoms with van der Waals surface area (Å²) in [4.78, 5) is 11.8. The topological polar surface area (TPSA) is 50.4 Å². The van der Waals surface area contributed by atoms with Crippen molar-refractivity contribution in [3.8, 4) is 0 Å². The Kier molecular flexibility index (Phi) is 5.63. The molecule has 2 unspecified atom stereocenters. The van der Waals surface area contributed by atoms with Gasteiger partial charge in [-0.2, -0.15) is 0 Å². The number of halogens is 1. The van der Waals surface area contributed by atoms with E-state index in [9.17, 15) is 9.18 Å². The molecule has 5 heteroatoms. The first kappa shape index (κ1) is 17.7. The molecule has 0 heterocycles. The molecule has 0 radical (unpaired) electrons. The number of rotatable bonds is 4. The molecule has 0 spiro atoms. The summed E-state index contributed by atoms with van der Waals surface area (Å²) in [6.07, 6.45) is 2.47. The quantitative estimate of drug-likeness (QED) is 0.883. The third-order valence-electron chi connectivity index (χ3n) is 4.01. The fourth-order valence-electron chi connectivity index (χ4n) is 2.94. The molecule has 0 bridgehead atoms. The zero-order valence-corrected chi connectivity index (χ0v) is 14.4. The second kappa shape index (κ2) is 7.30. The van der Waals surface area contributed by atoms with Gasteiger partial charge in [0.05, 0.1) is 0 Å². The van der Waals surface area contributed by atoms with Gasteiger partial charge in [0, 0.05) is 18.1 Å². The minimum Gasteiger partial charge on any atom is -0.444 e. The molecular formula is C18H27FN2O2. The van der Waals surface area contributed by atoms with Crippen LogP contribution in [0.25, 0.3) is 0 Å². The molecule has 1 aliphatic rings. The number of hydrogen-bond donors (Lipinski definition) is 2. The van der Waals surface area contributed by atoms with Crippen LogP contribution in [0.15, 0.2) is 24.3 Å². The molecule has 1 saturated carbocycles. The van der Waals surface area contributed by atoms with Crippen molar-refractivity contribution in [1.29, 1.82) is 0 Å². The highest BCUT2D eigenvalue weighted by atomic mass is 19.1. The molecule has 4 nitrogen and oxygen atoms in total. The Labute approximate surface area is 137 Å². The van der Waals surface area contributed by atoms with E-state index in [2.05, 4.69) is 17.6 Å². The average molecular weight is 322 g/mol. The van der Waals surface area contributed by atoms with Crippen molar-refractivity contribution in [1.82, 2.24) is 10.6 Å². The van der Waals surface area contributed by atoms with E-state index >= 15 is 0 Å². The molecule has 1 aliphatic carbocycles. The summed E-state index contributed by atoms with van der Waals surface area (Å²) in [5.74, 6) is -0.219. The van der Waals surface area contributed by atoms with Crippen LogP contribution in [0.5, 0.6) is 0 Å². The van der Waals surface area contributed by atoms with E-state index in [0.29, 0.717) is 6.04 Å². The lowest BCUT2D eigenvalue weighted by Crippen LogP contribution is -2.39. The van der Waals surface area contributed by atoms with Crippen LogP contribution in [-0.2, 0) is 4.74 Å². The lowest BCUT2D eigenvalue weighted by atomic mass is 10.1. The van der Waals surface area contributed by atoms with E-state index in [-0.39, 0.29) is 24.0 Å². The number of benzene rings is 1. The molecule has 0 saturated heterocycles. The van der Waals surface area contributed by atoms with Crippen LogP contribution in [0.2, 0.25) is 0 Å². The van der Waals surface area contributed by atoms with E-state index in [1.165, 1.54) is 12.1 Å². The number of ether oxygens (including phenoxy) is 1. The second-order valence-electron chi connectivity index (χ2n) is 7.29. The van der Waals surface area contributed by atoms with Crippen molar-refractivity contribution in [3.63, 3.8) is 0 Å². The van der Waals surface area contributed by atoms with E-state index in [4.69, 9.17) is 4.74 Å². The first-order valence-electron chi connectivity index (χ1n) is 8.24. The zero-order chi connectivity index (χ0) is 17.0. The SMILES string of the molecule is C[C@H](NC1CCC(NC(=O)OC(C)(C)C)C1)c1ccc(F)cc1.